The molecule has 1 unspecified atom stereocenters. The highest BCUT2D eigenvalue weighted by atomic mass is 19.3. The number of rotatable bonds is 8. The molecule has 2 N–H and O–H groups in total. The Hall–Kier alpha value is -5.86. The smallest absolute Gasteiger partial charge is 0.264 e. The summed E-state index contributed by atoms with van der Waals surface area (Å²) in [5, 5.41) is 10.7. The van der Waals surface area contributed by atoms with Gasteiger partial charge in [0.15, 0.2) is 11.6 Å². The number of fused-ring (bicyclic) bond motifs is 2. The first-order chi connectivity index (χ1) is 26.5. The lowest BCUT2D eigenvalue weighted by Crippen LogP contribution is -2.47. The number of halogens is 3. The molecule has 2 fully saturated rings. The van der Waals surface area contributed by atoms with Crippen molar-refractivity contribution in [2.75, 3.05) is 41.9 Å². The van der Waals surface area contributed by atoms with Gasteiger partial charge in [-0.05, 0) is 68.4 Å². The first kappa shape index (κ1) is 36.1. The molecule has 3 aromatic heterocycles. The van der Waals surface area contributed by atoms with Crippen molar-refractivity contribution in [3.05, 3.63) is 87.9 Å². The Labute approximate surface area is 314 Å². The quantitative estimate of drug-likeness (QED) is 0.175. The highest BCUT2D eigenvalue weighted by Crippen LogP contribution is 2.44. The van der Waals surface area contributed by atoms with Crippen molar-refractivity contribution in [3.63, 3.8) is 0 Å². The van der Waals surface area contributed by atoms with E-state index in [-0.39, 0.29) is 35.3 Å². The summed E-state index contributed by atoms with van der Waals surface area (Å²) in [5.74, 6) is -0.525. The number of pyridine rings is 2. The minimum absolute atomic E-state index is 0.0228. The molecule has 0 aliphatic carbocycles. The molecule has 3 aliphatic heterocycles. The first-order valence-electron chi connectivity index (χ1n) is 18.4. The summed E-state index contributed by atoms with van der Waals surface area (Å²) < 4.78 is 54.1. The van der Waals surface area contributed by atoms with Crippen LogP contribution in [-0.2, 0) is 23.1 Å². The van der Waals surface area contributed by atoms with Crippen LogP contribution in [0.1, 0.15) is 61.3 Å². The lowest BCUT2D eigenvalue weighted by molar-refractivity contribution is -0.133. The number of carbonyl (C=O) groups is 2. The van der Waals surface area contributed by atoms with Crippen LogP contribution in [0.5, 0.6) is 5.75 Å². The standard InChI is InChI=1S/C40H41F3N8O4/c1-22-13-30-34(48(2)40(22)54)16-27(55-3)17-35(30)50-10-4-5-23-14-28(29(37(42)43)18-33(23)50)24-19-45-51(21-24)26-8-11-49(12-9-26)38-31(41)15-25(20-44-38)46-32-6-7-36(52)47-39(32)53/h13-21,26,32,37,46H,4-12H2,1-3H3,(H,47,52,53). The van der Waals surface area contributed by atoms with Gasteiger partial charge in [-0.2, -0.15) is 5.10 Å². The summed E-state index contributed by atoms with van der Waals surface area (Å²) in [6, 6.07) is 9.67. The predicted molar refractivity (Wildman–Crippen MR) is 203 cm³/mol. The second-order valence-corrected chi connectivity index (χ2v) is 14.5. The van der Waals surface area contributed by atoms with Crippen molar-refractivity contribution in [2.24, 2.45) is 7.05 Å². The number of nitrogens with zero attached hydrogens (tertiary/aromatic N) is 6. The molecule has 2 aromatic carbocycles. The topological polar surface area (TPSA) is 127 Å². The molecule has 12 nitrogen and oxygen atoms in total. The van der Waals surface area contributed by atoms with Gasteiger partial charge >= 0.3 is 0 Å². The van der Waals surface area contributed by atoms with Gasteiger partial charge in [-0.25, -0.2) is 18.2 Å². The number of imide groups is 1. The predicted octanol–water partition coefficient (Wildman–Crippen LogP) is 6.33. The van der Waals surface area contributed by atoms with E-state index in [1.165, 1.54) is 12.3 Å². The molecule has 0 radical (unpaired) electrons. The minimum Gasteiger partial charge on any atom is -0.497 e. The van der Waals surface area contributed by atoms with Crippen LogP contribution in [0.2, 0.25) is 0 Å². The summed E-state index contributed by atoms with van der Waals surface area (Å²) >= 11 is 0. The zero-order valence-electron chi connectivity index (χ0n) is 30.7. The van der Waals surface area contributed by atoms with Gasteiger partial charge in [-0.3, -0.25) is 24.4 Å². The van der Waals surface area contributed by atoms with Crippen LogP contribution in [0.4, 0.5) is 36.1 Å². The number of amides is 2. The lowest BCUT2D eigenvalue weighted by atomic mass is 9.92. The molecule has 2 amide bonds. The van der Waals surface area contributed by atoms with Gasteiger partial charge in [0.2, 0.25) is 11.8 Å². The first-order valence-corrected chi connectivity index (χ1v) is 18.4. The molecule has 0 saturated carbocycles. The molecule has 5 aromatic rings. The normalized spacial score (nSPS) is 17.8. The monoisotopic (exact) mass is 754 g/mol. The fourth-order valence-corrected chi connectivity index (χ4v) is 8.14. The second kappa shape index (κ2) is 14.4. The zero-order chi connectivity index (χ0) is 38.5. The molecule has 1 atom stereocenters. The Balaban J connectivity index is 1.02. The lowest BCUT2D eigenvalue weighted by Gasteiger charge is -2.34. The van der Waals surface area contributed by atoms with Crippen LogP contribution < -0.4 is 30.7 Å². The summed E-state index contributed by atoms with van der Waals surface area (Å²) in [4.78, 5) is 44.6. The van der Waals surface area contributed by atoms with Gasteiger partial charge in [0.25, 0.3) is 12.0 Å². The third-order valence-corrected chi connectivity index (χ3v) is 11.1. The molecule has 286 valence electrons. The van der Waals surface area contributed by atoms with Crippen LogP contribution in [0.25, 0.3) is 22.0 Å². The minimum atomic E-state index is -2.74. The number of alkyl halides is 2. The number of aryl methyl sites for hydroxylation is 3. The Morgan fingerprint density at radius 2 is 1.76 bits per heavy atom. The van der Waals surface area contributed by atoms with E-state index in [9.17, 15) is 23.2 Å². The van der Waals surface area contributed by atoms with Crippen molar-refractivity contribution < 1.29 is 27.5 Å². The Morgan fingerprint density at radius 3 is 2.49 bits per heavy atom. The number of ether oxygens (including phenoxy) is 1. The van der Waals surface area contributed by atoms with Gasteiger partial charge in [-0.15, -0.1) is 0 Å². The molecular weight excluding hydrogens is 713 g/mol. The number of piperidine rings is 2. The highest BCUT2D eigenvalue weighted by molar-refractivity contribution is 6.01. The number of carbonyl (C=O) groups excluding carboxylic acids is 2. The second-order valence-electron chi connectivity index (χ2n) is 14.5. The highest BCUT2D eigenvalue weighted by Gasteiger charge is 2.30. The van der Waals surface area contributed by atoms with Gasteiger partial charge in [0, 0.05) is 85.3 Å². The molecule has 3 aliphatic rings. The molecule has 0 spiro atoms. The molecule has 8 rings (SSSR count). The third kappa shape index (κ3) is 6.76. The van der Waals surface area contributed by atoms with E-state index in [2.05, 4.69) is 25.6 Å². The van der Waals surface area contributed by atoms with E-state index in [1.54, 1.807) is 37.9 Å². The Morgan fingerprint density at radius 1 is 0.964 bits per heavy atom. The molecule has 0 bridgehead atoms. The molecule has 2 saturated heterocycles. The maximum absolute atomic E-state index is 15.3. The van der Waals surface area contributed by atoms with E-state index >= 15 is 4.39 Å². The SMILES string of the molecule is COc1cc(N2CCCc3cc(-c4cnn(C5CCN(c6ncc(NC7CCC(=O)NC7=O)cc6F)CC5)c4)c(C(F)F)cc32)c2cc(C)c(=O)n(C)c2c1. The van der Waals surface area contributed by atoms with E-state index in [0.29, 0.717) is 84.6 Å². The fraction of sp³-hybridized carbons (Fsp3) is 0.375. The maximum atomic E-state index is 15.3. The average Bonchev–Trinajstić information content (AvgIpc) is 3.68. The van der Waals surface area contributed by atoms with Crippen LogP contribution in [0, 0.1) is 12.7 Å². The summed E-state index contributed by atoms with van der Waals surface area (Å²) in [6.45, 7) is 3.39. The molecule has 6 heterocycles. The van der Waals surface area contributed by atoms with Gasteiger partial charge in [-0.1, -0.05) is 0 Å². The number of benzene rings is 2. The van der Waals surface area contributed by atoms with E-state index in [4.69, 9.17) is 4.74 Å². The zero-order valence-corrected chi connectivity index (χ0v) is 30.7. The Kier molecular flexibility index (Phi) is 9.47. The Bertz CT molecular complexity index is 2390. The molecular formula is C40H41F3N8O4. The number of nitrogens with one attached hydrogen (secondary N) is 2. The third-order valence-electron chi connectivity index (χ3n) is 11.1. The fourth-order valence-electron chi connectivity index (χ4n) is 8.14. The van der Waals surface area contributed by atoms with Crippen molar-refractivity contribution in [2.45, 2.75) is 64.0 Å². The van der Waals surface area contributed by atoms with Crippen LogP contribution in [0.3, 0.4) is 0 Å². The van der Waals surface area contributed by atoms with Gasteiger partial charge in [0.1, 0.15) is 11.8 Å². The van der Waals surface area contributed by atoms with Crippen molar-refractivity contribution >= 4 is 45.6 Å². The van der Waals surface area contributed by atoms with E-state index in [0.717, 1.165) is 23.1 Å². The average molecular weight is 755 g/mol. The van der Waals surface area contributed by atoms with Crippen LogP contribution >= 0.6 is 0 Å². The molecule has 15 heteroatoms. The van der Waals surface area contributed by atoms with Gasteiger partial charge in [0.05, 0.1) is 42.4 Å². The number of hydrogen-bond donors (Lipinski definition) is 2. The largest absolute Gasteiger partial charge is 0.497 e. The number of hydrogen-bond acceptors (Lipinski definition) is 9. The van der Waals surface area contributed by atoms with Crippen molar-refractivity contribution in [3.8, 4) is 16.9 Å². The summed E-state index contributed by atoms with van der Waals surface area (Å²) in [5.41, 5.74) is 4.90. The number of aromatic nitrogens is 4. The van der Waals surface area contributed by atoms with Crippen LogP contribution in [-0.4, -0.2) is 63.9 Å². The van der Waals surface area contributed by atoms with Crippen molar-refractivity contribution in [1.82, 2.24) is 24.6 Å². The van der Waals surface area contributed by atoms with Crippen LogP contribution in [0.15, 0.2) is 59.8 Å². The number of anilines is 4. The summed E-state index contributed by atoms with van der Waals surface area (Å²) in [7, 11) is 3.28. The van der Waals surface area contributed by atoms with Crippen molar-refractivity contribution in [1.29, 1.82) is 0 Å². The molecule has 55 heavy (non-hydrogen) atoms. The summed E-state index contributed by atoms with van der Waals surface area (Å²) in [6.07, 6.45) is 5.51. The maximum Gasteiger partial charge on any atom is 0.264 e. The van der Waals surface area contributed by atoms with E-state index in [1.807, 2.05) is 40.0 Å². The van der Waals surface area contributed by atoms with E-state index < -0.39 is 24.2 Å². The number of methoxy groups -OCH3 is 1. The van der Waals surface area contributed by atoms with Gasteiger partial charge < -0.3 is 24.4 Å².